The first-order valence-corrected chi connectivity index (χ1v) is 7.49. The summed E-state index contributed by atoms with van der Waals surface area (Å²) >= 11 is 0. The Morgan fingerprint density at radius 2 is 1.62 bits per heavy atom. The lowest BCUT2D eigenvalue weighted by molar-refractivity contribution is 0.895. The fourth-order valence-electron chi connectivity index (χ4n) is 2.52. The second-order valence-electron chi connectivity index (χ2n) is 5.39. The minimum Gasteiger partial charge on any atom is -0.341 e. The predicted molar refractivity (Wildman–Crippen MR) is 88.2 cm³/mol. The van der Waals surface area contributed by atoms with Crippen molar-refractivity contribution in [2.45, 2.75) is 26.7 Å². The number of aryl methyl sites for hydroxylation is 2. The van der Waals surface area contributed by atoms with Crippen molar-refractivity contribution in [1.29, 1.82) is 0 Å². The number of imidazole rings is 1. The quantitative estimate of drug-likeness (QED) is 0.713. The zero-order valence-corrected chi connectivity index (χ0v) is 12.6. The molecule has 0 unspecified atom stereocenters. The van der Waals surface area contributed by atoms with Crippen molar-refractivity contribution in [3.8, 4) is 22.6 Å². The molecule has 21 heavy (non-hydrogen) atoms. The normalized spacial score (nSPS) is 10.8. The molecule has 2 aromatic carbocycles. The van der Waals surface area contributed by atoms with E-state index in [1.165, 1.54) is 16.8 Å². The number of aromatic nitrogens is 2. The van der Waals surface area contributed by atoms with Gasteiger partial charge in [0.05, 0.1) is 5.69 Å². The van der Waals surface area contributed by atoms with Crippen molar-refractivity contribution < 1.29 is 0 Å². The number of benzene rings is 2. The van der Waals surface area contributed by atoms with Gasteiger partial charge in [0.15, 0.2) is 0 Å². The molecule has 0 amide bonds. The molecule has 0 bridgehead atoms. The molecule has 1 aromatic heterocycles. The summed E-state index contributed by atoms with van der Waals surface area (Å²) in [7, 11) is 0. The Bertz CT molecular complexity index is 709. The first kappa shape index (κ1) is 13.6. The molecule has 0 aliphatic rings. The van der Waals surface area contributed by atoms with Crippen molar-refractivity contribution in [3.63, 3.8) is 0 Å². The molecular formula is C19H20N2. The summed E-state index contributed by atoms with van der Waals surface area (Å²) in [6.07, 6.45) is 2.12. The fraction of sp³-hybridized carbons (Fsp3) is 0.211. The maximum atomic E-state index is 4.84. The molecule has 0 saturated carbocycles. The van der Waals surface area contributed by atoms with Gasteiger partial charge in [0.25, 0.3) is 0 Å². The van der Waals surface area contributed by atoms with Gasteiger partial charge < -0.3 is 4.98 Å². The molecule has 0 radical (unpaired) electrons. The van der Waals surface area contributed by atoms with Crippen LogP contribution in [0.5, 0.6) is 0 Å². The van der Waals surface area contributed by atoms with Gasteiger partial charge in [-0.05, 0) is 13.3 Å². The summed E-state index contributed by atoms with van der Waals surface area (Å²) in [5.41, 5.74) is 5.88. The lowest BCUT2D eigenvalue weighted by atomic mass is 10.1. The largest absolute Gasteiger partial charge is 0.341 e. The van der Waals surface area contributed by atoms with Gasteiger partial charge in [-0.15, -0.1) is 0 Å². The Labute approximate surface area is 125 Å². The standard InChI is InChI=1S/C19H20N2/c1-3-7-17-18(15-8-5-4-6-9-15)21-19(20-17)16-12-10-14(2)11-13-16/h4-6,8-13H,3,7H2,1-2H3,(H,20,21). The van der Waals surface area contributed by atoms with Crippen LogP contribution in [-0.2, 0) is 6.42 Å². The second-order valence-corrected chi connectivity index (χ2v) is 5.39. The van der Waals surface area contributed by atoms with Gasteiger partial charge in [-0.25, -0.2) is 4.98 Å². The summed E-state index contributed by atoms with van der Waals surface area (Å²) in [5, 5.41) is 0. The molecular weight excluding hydrogens is 256 g/mol. The van der Waals surface area contributed by atoms with Crippen LogP contribution < -0.4 is 0 Å². The zero-order valence-electron chi connectivity index (χ0n) is 12.6. The van der Waals surface area contributed by atoms with E-state index in [2.05, 4.69) is 67.4 Å². The van der Waals surface area contributed by atoms with E-state index >= 15 is 0 Å². The molecule has 0 saturated heterocycles. The number of nitrogens with one attached hydrogen (secondary N) is 1. The number of nitrogens with zero attached hydrogens (tertiary/aromatic N) is 1. The molecule has 2 heteroatoms. The van der Waals surface area contributed by atoms with Crippen LogP contribution in [0.15, 0.2) is 54.6 Å². The van der Waals surface area contributed by atoms with Crippen LogP contribution in [0.2, 0.25) is 0 Å². The first-order chi connectivity index (χ1) is 10.3. The number of rotatable bonds is 4. The molecule has 1 heterocycles. The Morgan fingerprint density at radius 1 is 0.905 bits per heavy atom. The molecule has 3 rings (SSSR count). The van der Waals surface area contributed by atoms with Gasteiger partial charge in [0.2, 0.25) is 0 Å². The highest BCUT2D eigenvalue weighted by Gasteiger charge is 2.12. The third-order valence-corrected chi connectivity index (χ3v) is 3.65. The van der Waals surface area contributed by atoms with Crippen LogP contribution in [0.4, 0.5) is 0 Å². The average molecular weight is 276 g/mol. The van der Waals surface area contributed by atoms with E-state index in [4.69, 9.17) is 4.98 Å². The highest BCUT2D eigenvalue weighted by molar-refractivity contribution is 5.67. The summed E-state index contributed by atoms with van der Waals surface area (Å²) < 4.78 is 0. The maximum absolute atomic E-state index is 4.84. The average Bonchev–Trinajstić information content (AvgIpc) is 2.93. The number of hydrogen-bond donors (Lipinski definition) is 1. The molecule has 0 atom stereocenters. The van der Waals surface area contributed by atoms with Gasteiger partial charge in [-0.3, -0.25) is 0 Å². The van der Waals surface area contributed by atoms with Crippen molar-refractivity contribution in [2.75, 3.05) is 0 Å². The number of aromatic amines is 1. The first-order valence-electron chi connectivity index (χ1n) is 7.49. The van der Waals surface area contributed by atoms with Crippen molar-refractivity contribution in [1.82, 2.24) is 9.97 Å². The smallest absolute Gasteiger partial charge is 0.138 e. The molecule has 0 fully saturated rings. The monoisotopic (exact) mass is 276 g/mol. The van der Waals surface area contributed by atoms with Crippen molar-refractivity contribution in [2.24, 2.45) is 0 Å². The molecule has 0 spiro atoms. The highest BCUT2D eigenvalue weighted by Crippen LogP contribution is 2.27. The van der Waals surface area contributed by atoms with E-state index in [0.29, 0.717) is 0 Å². The lowest BCUT2D eigenvalue weighted by Crippen LogP contribution is -1.87. The van der Waals surface area contributed by atoms with Gasteiger partial charge in [-0.1, -0.05) is 73.5 Å². The molecule has 2 nitrogen and oxygen atoms in total. The fourth-order valence-corrected chi connectivity index (χ4v) is 2.52. The van der Waals surface area contributed by atoms with E-state index in [1.54, 1.807) is 0 Å². The SMILES string of the molecule is CCCc1[nH]c(-c2ccc(C)cc2)nc1-c1ccccc1. The van der Waals surface area contributed by atoms with Crippen LogP contribution in [0.1, 0.15) is 24.6 Å². The van der Waals surface area contributed by atoms with E-state index in [9.17, 15) is 0 Å². The third kappa shape index (κ3) is 2.89. The molecule has 0 aliphatic carbocycles. The highest BCUT2D eigenvalue weighted by atomic mass is 14.9. The second kappa shape index (κ2) is 5.96. The van der Waals surface area contributed by atoms with E-state index in [0.717, 1.165) is 29.9 Å². The predicted octanol–water partition coefficient (Wildman–Crippen LogP) is 5.00. The maximum Gasteiger partial charge on any atom is 0.138 e. The van der Waals surface area contributed by atoms with Crippen LogP contribution >= 0.6 is 0 Å². The lowest BCUT2D eigenvalue weighted by Gasteiger charge is -2.00. The summed E-state index contributed by atoms with van der Waals surface area (Å²) in [6.45, 7) is 4.30. The van der Waals surface area contributed by atoms with Gasteiger partial charge >= 0.3 is 0 Å². The minimum atomic E-state index is 0.956. The van der Waals surface area contributed by atoms with Crippen LogP contribution in [0.25, 0.3) is 22.6 Å². The van der Waals surface area contributed by atoms with Gasteiger partial charge in [-0.2, -0.15) is 0 Å². The van der Waals surface area contributed by atoms with Crippen molar-refractivity contribution >= 4 is 0 Å². The minimum absolute atomic E-state index is 0.956. The van der Waals surface area contributed by atoms with Crippen LogP contribution in [-0.4, -0.2) is 9.97 Å². The number of hydrogen-bond acceptors (Lipinski definition) is 1. The van der Waals surface area contributed by atoms with E-state index < -0.39 is 0 Å². The van der Waals surface area contributed by atoms with Gasteiger partial charge in [0.1, 0.15) is 5.82 Å². The zero-order chi connectivity index (χ0) is 14.7. The van der Waals surface area contributed by atoms with E-state index in [1.807, 2.05) is 6.07 Å². The summed E-state index contributed by atoms with van der Waals surface area (Å²) in [6, 6.07) is 18.9. The Balaban J connectivity index is 2.06. The molecule has 106 valence electrons. The van der Waals surface area contributed by atoms with Crippen molar-refractivity contribution in [3.05, 3.63) is 65.9 Å². The van der Waals surface area contributed by atoms with E-state index in [-0.39, 0.29) is 0 Å². The van der Waals surface area contributed by atoms with Crippen LogP contribution in [0.3, 0.4) is 0 Å². The summed E-state index contributed by atoms with van der Waals surface area (Å²) in [4.78, 5) is 8.35. The Morgan fingerprint density at radius 3 is 2.29 bits per heavy atom. The summed E-state index contributed by atoms with van der Waals surface area (Å²) in [5.74, 6) is 0.956. The molecule has 3 aromatic rings. The molecule has 1 N–H and O–H groups in total. The third-order valence-electron chi connectivity index (χ3n) is 3.65. The van der Waals surface area contributed by atoms with Crippen LogP contribution in [0, 0.1) is 6.92 Å². The topological polar surface area (TPSA) is 28.7 Å². The Kier molecular flexibility index (Phi) is 3.87. The molecule has 0 aliphatic heterocycles. The Hall–Kier alpha value is -2.35. The number of H-pyrrole nitrogens is 1. The van der Waals surface area contributed by atoms with Gasteiger partial charge in [0, 0.05) is 16.8 Å².